The highest BCUT2D eigenvalue weighted by molar-refractivity contribution is 5.82. The average molecular weight is 442 g/mol. The molecule has 0 aliphatic carbocycles. The van der Waals surface area contributed by atoms with Crippen LogP contribution in [0, 0.1) is 10.1 Å². The third-order valence-corrected chi connectivity index (χ3v) is 4.69. The smallest absolute Gasteiger partial charge is 0.307 e. The molecule has 0 fully saturated rings. The first-order chi connectivity index (χ1) is 15.3. The van der Waals surface area contributed by atoms with Gasteiger partial charge < -0.3 is 14.8 Å². The molecule has 0 aliphatic heterocycles. The van der Waals surface area contributed by atoms with E-state index in [1.54, 1.807) is 19.1 Å². The molecule has 9 heteroatoms. The van der Waals surface area contributed by atoms with Crippen molar-refractivity contribution in [2.45, 2.75) is 38.6 Å². The second kappa shape index (κ2) is 12.2. The van der Waals surface area contributed by atoms with Crippen LogP contribution in [0.15, 0.2) is 48.5 Å². The average Bonchev–Trinajstić information content (AvgIpc) is 2.78. The van der Waals surface area contributed by atoms with Gasteiger partial charge in [0.2, 0.25) is 5.91 Å². The van der Waals surface area contributed by atoms with Crippen LogP contribution in [0.3, 0.4) is 0 Å². The molecule has 0 aliphatic rings. The fourth-order valence-electron chi connectivity index (χ4n) is 3.13. The van der Waals surface area contributed by atoms with Gasteiger partial charge in [0.1, 0.15) is 0 Å². The molecule has 1 unspecified atom stereocenters. The zero-order chi connectivity index (χ0) is 23.5. The highest BCUT2D eigenvalue weighted by Crippen LogP contribution is 2.24. The summed E-state index contributed by atoms with van der Waals surface area (Å²) in [6, 6.07) is 13.2. The number of ether oxygens (including phenoxy) is 2. The summed E-state index contributed by atoms with van der Waals surface area (Å²) in [6.45, 7) is 1.94. The minimum atomic E-state index is -0.511. The number of benzene rings is 2. The molecule has 2 aromatic carbocycles. The zero-order valence-electron chi connectivity index (χ0n) is 18.0. The monoisotopic (exact) mass is 442 g/mol. The van der Waals surface area contributed by atoms with Crippen molar-refractivity contribution in [3.05, 3.63) is 64.2 Å². The number of non-ortho nitro benzene ring substituents is 1. The molecule has 32 heavy (non-hydrogen) atoms. The van der Waals surface area contributed by atoms with Gasteiger partial charge in [-0.3, -0.25) is 24.5 Å². The molecule has 0 spiro atoms. The van der Waals surface area contributed by atoms with Crippen LogP contribution in [0.1, 0.15) is 31.7 Å². The van der Waals surface area contributed by atoms with Gasteiger partial charge in [-0.15, -0.1) is 0 Å². The summed E-state index contributed by atoms with van der Waals surface area (Å²) < 4.78 is 9.53. The van der Waals surface area contributed by atoms with E-state index in [1.165, 1.54) is 19.2 Å². The second-order valence-corrected chi connectivity index (χ2v) is 7.06. The van der Waals surface area contributed by atoms with Crippen LogP contribution in [0.25, 0.3) is 11.1 Å². The molecule has 1 N–H and O–H groups in total. The minimum absolute atomic E-state index is 0.00949. The van der Waals surface area contributed by atoms with Gasteiger partial charge in [-0.05, 0) is 30.0 Å². The van der Waals surface area contributed by atoms with Gasteiger partial charge in [0.25, 0.3) is 5.69 Å². The summed E-state index contributed by atoms with van der Waals surface area (Å²) in [5.41, 5.74) is 2.39. The van der Waals surface area contributed by atoms with Gasteiger partial charge in [-0.2, -0.15) is 0 Å². The van der Waals surface area contributed by atoms with E-state index >= 15 is 0 Å². The lowest BCUT2D eigenvalue weighted by atomic mass is 9.99. The minimum Gasteiger partial charge on any atom is -0.469 e. The number of carbonyl (C=O) groups excluding carboxylic acids is 3. The Morgan fingerprint density at radius 3 is 2.38 bits per heavy atom. The van der Waals surface area contributed by atoms with Crippen LogP contribution in [-0.2, 0) is 30.3 Å². The predicted molar refractivity (Wildman–Crippen MR) is 117 cm³/mol. The number of carbonyl (C=O) groups is 3. The van der Waals surface area contributed by atoms with E-state index in [2.05, 4.69) is 10.1 Å². The van der Waals surface area contributed by atoms with E-state index < -0.39 is 22.9 Å². The first-order valence-corrected chi connectivity index (χ1v) is 10.2. The Kier molecular flexibility index (Phi) is 9.34. The van der Waals surface area contributed by atoms with Crippen molar-refractivity contribution in [1.82, 2.24) is 5.32 Å². The van der Waals surface area contributed by atoms with Gasteiger partial charge in [0.15, 0.2) is 0 Å². The van der Waals surface area contributed by atoms with E-state index in [1.807, 2.05) is 24.3 Å². The van der Waals surface area contributed by atoms with Gasteiger partial charge in [0, 0.05) is 24.6 Å². The topological polar surface area (TPSA) is 125 Å². The second-order valence-electron chi connectivity index (χ2n) is 7.06. The molecule has 0 heterocycles. The summed E-state index contributed by atoms with van der Waals surface area (Å²) in [6.07, 6.45) is 0.270. The first-order valence-electron chi connectivity index (χ1n) is 10.2. The molecule has 170 valence electrons. The van der Waals surface area contributed by atoms with Gasteiger partial charge >= 0.3 is 11.9 Å². The lowest BCUT2D eigenvalue weighted by Crippen LogP contribution is -2.38. The maximum atomic E-state index is 12.2. The number of rotatable bonds is 11. The number of hydrogen-bond acceptors (Lipinski definition) is 7. The van der Waals surface area contributed by atoms with E-state index in [-0.39, 0.29) is 37.5 Å². The molecular formula is C23H26N2O7. The third kappa shape index (κ3) is 7.82. The number of amides is 1. The van der Waals surface area contributed by atoms with Crippen LogP contribution < -0.4 is 5.32 Å². The molecule has 1 atom stereocenters. The van der Waals surface area contributed by atoms with E-state index in [0.29, 0.717) is 12.0 Å². The Morgan fingerprint density at radius 2 is 1.75 bits per heavy atom. The highest BCUT2D eigenvalue weighted by atomic mass is 16.6. The van der Waals surface area contributed by atoms with Crippen molar-refractivity contribution in [2.75, 3.05) is 13.7 Å². The Labute approximate surface area is 185 Å². The number of nitro benzene ring substituents is 1. The Balaban J connectivity index is 2.09. The van der Waals surface area contributed by atoms with Crippen molar-refractivity contribution in [2.24, 2.45) is 0 Å². The van der Waals surface area contributed by atoms with Crippen molar-refractivity contribution in [3.63, 3.8) is 0 Å². The number of esters is 2. The number of hydrogen-bond donors (Lipinski definition) is 1. The van der Waals surface area contributed by atoms with E-state index in [0.717, 1.165) is 11.1 Å². The lowest BCUT2D eigenvalue weighted by molar-refractivity contribution is -0.384. The molecule has 0 bridgehead atoms. The molecule has 9 nitrogen and oxygen atoms in total. The molecule has 1 amide bonds. The molecule has 0 aromatic heterocycles. The summed E-state index contributed by atoms with van der Waals surface area (Å²) >= 11 is 0. The Morgan fingerprint density at radius 1 is 1.03 bits per heavy atom. The fourth-order valence-corrected chi connectivity index (χ4v) is 3.13. The van der Waals surface area contributed by atoms with Gasteiger partial charge in [0.05, 0.1) is 31.5 Å². The Hall–Kier alpha value is -3.75. The summed E-state index contributed by atoms with van der Waals surface area (Å²) in [7, 11) is 1.25. The standard InChI is InChI=1S/C23H26N2O7/c1-3-32-23(28)15-19(24-21(26)11-12-22(27)31-2)13-16-7-9-17(10-8-16)18-5-4-6-20(14-18)25(29)30/h4-10,14,19H,3,11-13,15H2,1-2H3,(H,24,26). The zero-order valence-corrected chi connectivity index (χ0v) is 18.0. The van der Waals surface area contributed by atoms with Crippen molar-refractivity contribution in [3.8, 4) is 11.1 Å². The highest BCUT2D eigenvalue weighted by Gasteiger charge is 2.19. The number of nitrogens with zero attached hydrogens (tertiary/aromatic N) is 1. The SMILES string of the molecule is CCOC(=O)CC(Cc1ccc(-c2cccc([N+](=O)[O-])c2)cc1)NC(=O)CCC(=O)OC. The van der Waals surface area contributed by atoms with E-state index in [4.69, 9.17) is 4.74 Å². The summed E-state index contributed by atoms with van der Waals surface area (Å²) in [4.78, 5) is 46.0. The fraction of sp³-hybridized carbons (Fsp3) is 0.348. The van der Waals surface area contributed by atoms with Crippen molar-refractivity contribution < 1.29 is 28.8 Å². The summed E-state index contributed by atoms with van der Waals surface area (Å²) in [5.74, 6) is -1.28. The molecule has 2 aromatic rings. The van der Waals surface area contributed by atoms with Crippen molar-refractivity contribution in [1.29, 1.82) is 0 Å². The normalized spacial score (nSPS) is 11.3. The number of nitro groups is 1. The van der Waals surface area contributed by atoms with Gasteiger partial charge in [-0.25, -0.2) is 0 Å². The van der Waals surface area contributed by atoms with Crippen LogP contribution in [0.4, 0.5) is 5.69 Å². The van der Waals surface area contributed by atoms with Gasteiger partial charge in [-0.1, -0.05) is 36.4 Å². The maximum absolute atomic E-state index is 12.2. The Bertz CT molecular complexity index is 957. The number of methoxy groups -OCH3 is 1. The quantitative estimate of drug-likeness (QED) is 0.322. The number of nitrogens with one attached hydrogen (secondary N) is 1. The third-order valence-electron chi connectivity index (χ3n) is 4.69. The van der Waals surface area contributed by atoms with Crippen molar-refractivity contribution >= 4 is 23.5 Å². The van der Waals surface area contributed by atoms with Crippen LogP contribution in [-0.4, -0.2) is 42.5 Å². The predicted octanol–water partition coefficient (Wildman–Crippen LogP) is 3.20. The van der Waals surface area contributed by atoms with Crippen LogP contribution in [0.5, 0.6) is 0 Å². The largest absolute Gasteiger partial charge is 0.469 e. The van der Waals surface area contributed by atoms with Crippen LogP contribution >= 0.6 is 0 Å². The molecule has 2 rings (SSSR count). The molecule has 0 saturated carbocycles. The van der Waals surface area contributed by atoms with E-state index in [9.17, 15) is 24.5 Å². The maximum Gasteiger partial charge on any atom is 0.307 e. The first kappa shape index (κ1) is 24.5. The van der Waals surface area contributed by atoms with Crippen LogP contribution in [0.2, 0.25) is 0 Å². The molecule has 0 saturated heterocycles. The summed E-state index contributed by atoms with van der Waals surface area (Å²) in [5, 5.41) is 13.8. The lowest BCUT2D eigenvalue weighted by Gasteiger charge is -2.18. The molecule has 0 radical (unpaired) electrons. The molecular weight excluding hydrogens is 416 g/mol.